The van der Waals surface area contributed by atoms with Gasteiger partial charge in [-0.25, -0.2) is 0 Å². The number of benzene rings is 1. The summed E-state index contributed by atoms with van der Waals surface area (Å²) in [5, 5.41) is 0.633. The zero-order valence-corrected chi connectivity index (χ0v) is 13.4. The summed E-state index contributed by atoms with van der Waals surface area (Å²) in [6, 6.07) is 5.70. The van der Waals surface area contributed by atoms with Gasteiger partial charge in [0.05, 0.1) is 5.75 Å². The Morgan fingerprint density at radius 1 is 1.32 bits per heavy atom. The molecule has 0 radical (unpaired) electrons. The summed E-state index contributed by atoms with van der Waals surface area (Å²) in [5.74, 6) is 0.496. The molecule has 19 heavy (non-hydrogen) atoms. The van der Waals surface area contributed by atoms with Gasteiger partial charge in [0.15, 0.2) is 0 Å². The highest BCUT2D eigenvalue weighted by atomic mass is 35.5. The van der Waals surface area contributed by atoms with Crippen LogP contribution >= 0.6 is 23.4 Å². The summed E-state index contributed by atoms with van der Waals surface area (Å²) >= 11 is 7.36. The number of thioether (sulfide) groups is 1. The molecule has 0 unspecified atom stereocenters. The van der Waals surface area contributed by atoms with Crippen LogP contribution in [0.3, 0.4) is 0 Å². The fraction of sp³-hybridized carbons (Fsp3) is 0.500. The first-order valence-electron chi connectivity index (χ1n) is 6.32. The van der Waals surface area contributed by atoms with Crippen molar-refractivity contribution in [3.8, 4) is 0 Å². The summed E-state index contributed by atoms with van der Waals surface area (Å²) in [4.78, 5) is 15.0. The van der Waals surface area contributed by atoms with Crippen LogP contribution in [0.15, 0.2) is 23.1 Å². The number of nitrogens with zero attached hydrogens (tertiary/aromatic N) is 1. The minimum Gasteiger partial charge on any atom is -0.398 e. The average molecular weight is 301 g/mol. The van der Waals surface area contributed by atoms with Crippen LogP contribution < -0.4 is 5.73 Å². The molecule has 0 saturated heterocycles. The number of carbonyl (C=O) groups excluding carboxylic acids is 1. The molecule has 1 rings (SSSR count). The Kier molecular flexibility index (Phi) is 6.01. The quantitative estimate of drug-likeness (QED) is 0.667. The fourth-order valence-electron chi connectivity index (χ4n) is 2.02. The molecule has 1 aromatic rings. The first kappa shape index (κ1) is 16.2. The van der Waals surface area contributed by atoms with Crippen molar-refractivity contribution in [2.75, 3.05) is 11.5 Å². The van der Waals surface area contributed by atoms with Crippen LogP contribution in [-0.4, -0.2) is 28.6 Å². The number of amides is 1. The van der Waals surface area contributed by atoms with E-state index in [1.807, 2.05) is 32.6 Å². The van der Waals surface area contributed by atoms with E-state index in [9.17, 15) is 4.79 Å². The number of halogens is 1. The summed E-state index contributed by atoms with van der Waals surface area (Å²) < 4.78 is 0. The molecule has 0 bridgehead atoms. The van der Waals surface area contributed by atoms with Gasteiger partial charge in [0.25, 0.3) is 0 Å². The third-order valence-electron chi connectivity index (χ3n) is 2.73. The zero-order valence-electron chi connectivity index (χ0n) is 11.8. The van der Waals surface area contributed by atoms with Crippen molar-refractivity contribution in [1.29, 1.82) is 0 Å². The molecule has 106 valence electrons. The molecule has 0 aliphatic carbocycles. The molecule has 0 aromatic heterocycles. The Hall–Kier alpha value is -0.870. The predicted octanol–water partition coefficient (Wildman–Crippen LogP) is 3.66. The molecule has 0 aliphatic heterocycles. The minimum atomic E-state index is 0.120. The van der Waals surface area contributed by atoms with Crippen molar-refractivity contribution in [2.24, 2.45) is 0 Å². The van der Waals surface area contributed by atoms with E-state index in [2.05, 4.69) is 0 Å². The van der Waals surface area contributed by atoms with Gasteiger partial charge in [0.2, 0.25) is 5.91 Å². The third-order valence-corrected chi connectivity index (χ3v) is 4.02. The zero-order chi connectivity index (χ0) is 14.6. The van der Waals surface area contributed by atoms with Crippen LogP contribution in [0.2, 0.25) is 5.02 Å². The van der Waals surface area contributed by atoms with E-state index >= 15 is 0 Å². The standard InChI is InChI=1S/C14H21ClN2OS/c1-9(2)17(10(3)4)14(18)8-19-13-7-11(15)5-6-12(13)16/h5-7,9-10H,8,16H2,1-4H3. The first-order valence-corrected chi connectivity index (χ1v) is 7.68. The van der Waals surface area contributed by atoms with Crippen molar-refractivity contribution < 1.29 is 4.79 Å². The summed E-state index contributed by atoms with van der Waals surface area (Å²) in [6.07, 6.45) is 0. The van der Waals surface area contributed by atoms with Gasteiger partial charge in [-0.05, 0) is 45.9 Å². The van der Waals surface area contributed by atoms with Crippen LogP contribution in [0, 0.1) is 0 Å². The third kappa shape index (κ3) is 4.62. The lowest BCUT2D eigenvalue weighted by molar-refractivity contribution is -0.131. The van der Waals surface area contributed by atoms with Crippen molar-refractivity contribution in [2.45, 2.75) is 44.7 Å². The van der Waals surface area contributed by atoms with Crippen LogP contribution in [-0.2, 0) is 4.79 Å². The van der Waals surface area contributed by atoms with Gasteiger partial charge in [0, 0.05) is 27.7 Å². The number of nitrogens with two attached hydrogens (primary N) is 1. The molecule has 0 saturated carbocycles. The fourth-order valence-corrected chi connectivity index (χ4v) is 3.13. The highest BCUT2D eigenvalue weighted by Crippen LogP contribution is 2.28. The number of hydrogen-bond acceptors (Lipinski definition) is 3. The number of hydrogen-bond donors (Lipinski definition) is 1. The molecule has 1 amide bonds. The van der Waals surface area contributed by atoms with Gasteiger partial charge in [-0.1, -0.05) is 11.6 Å². The van der Waals surface area contributed by atoms with Crippen LogP contribution in [0.4, 0.5) is 5.69 Å². The molecule has 2 N–H and O–H groups in total. The number of carbonyl (C=O) groups is 1. The van der Waals surface area contributed by atoms with E-state index in [0.29, 0.717) is 16.5 Å². The molecule has 3 nitrogen and oxygen atoms in total. The van der Waals surface area contributed by atoms with Crippen molar-refractivity contribution >= 4 is 35.0 Å². The SMILES string of the molecule is CC(C)N(C(=O)CSc1cc(Cl)ccc1N)C(C)C. The Labute approximate surface area is 124 Å². The van der Waals surface area contributed by atoms with Crippen molar-refractivity contribution in [3.05, 3.63) is 23.2 Å². The van der Waals surface area contributed by atoms with Gasteiger partial charge in [-0.3, -0.25) is 4.79 Å². The lowest BCUT2D eigenvalue weighted by Crippen LogP contribution is -2.43. The molecule has 1 aromatic carbocycles. The maximum atomic E-state index is 12.2. The smallest absolute Gasteiger partial charge is 0.233 e. The summed E-state index contributed by atoms with van der Waals surface area (Å²) in [7, 11) is 0. The van der Waals surface area contributed by atoms with Crippen LogP contribution in [0.5, 0.6) is 0 Å². The molecule has 0 atom stereocenters. The number of nitrogen functional groups attached to an aromatic ring is 1. The number of rotatable bonds is 5. The van der Waals surface area contributed by atoms with Crippen LogP contribution in [0.1, 0.15) is 27.7 Å². The van der Waals surface area contributed by atoms with E-state index in [1.165, 1.54) is 11.8 Å². The monoisotopic (exact) mass is 300 g/mol. The molecule has 0 fully saturated rings. The predicted molar refractivity (Wildman–Crippen MR) is 83.7 cm³/mol. The second kappa shape index (κ2) is 7.06. The van der Waals surface area contributed by atoms with Crippen LogP contribution in [0.25, 0.3) is 0 Å². The van der Waals surface area contributed by atoms with Crippen molar-refractivity contribution in [1.82, 2.24) is 4.90 Å². The minimum absolute atomic E-state index is 0.120. The molecular formula is C14H21ClN2OS. The normalized spacial score (nSPS) is 11.1. The van der Waals surface area contributed by atoms with Gasteiger partial charge >= 0.3 is 0 Å². The summed E-state index contributed by atoms with van der Waals surface area (Å²) in [5.41, 5.74) is 6.52. The Morgan fingerprint density at radius 2 is 1.89 bits per heavy atom. The molecule has 0 aliphatic rings. The molecule has 0 spiro atoms. The second-order valence-corrected chi connectivity index (χ2v) is 6.41. The first-order chi connectivity index (χ1) is 8.82. The lowest BCUT2D eigenvalue weighted by Gasteiger charge is -2.30. The second-order valence-electron chi connectivity index (χ2n) is 4.96. The largest absolute Gasteiger partial charge is 0.398 e. The van der Waals surface area contributed by atoms with E-state index in [-0.39, 0.29) is 18.0 Å². The summed E-state index contributed by atoms with van der Waals surface area (Å²) in [6.45, 7) is 8.10. The molecule has 0 heterocycles. The van der Waals surface area contributed by atoms with Gasteiger partial charge in [-0.15, -0.1) is 11.8 Å². The van der Waals surface area contributed by atoms with Gasteiger partial charge < -0.3 is 10.6 Å². The van der Waals surface area contributed by atoms with Crippen molar-refractivity contribution in [3.63, 3.8) is 0 Å². The maximum Gasteiger partial charge on any atom is 0.233 e. The Balaban J connectivity index is 2.70. The topological polar surface area (TPSA) is 46.3 Å². The van der Waals surface area contributed by atoms with E-state index in [4.69, 9.17) is 17.3 Å². The van der Waals surface area contributed by atoms with Gasteiger partial charge in [0.1, 0.15) is 0 Å². The molecular weight excluding hydrogens is 280 g/mol. The van der Waals surface area contributed by atoms with E-state index in [1.54, 1.807) is 18.2 Å². The lowest BCUT2D eigenvalue weighted by atomic mass is 10.2. The molecule has 5 heteroatoms. The number of anilines is 1. The van der Waals surface area contributed by atoms with E-state index in [0.717, 1.165) is 4.90 Å². The van der Waals surface area contributed by atoms with E-state index < -0.39 is 0 Å². The Morgan fingerprint density at radius 3 is 2.42 bits per heavy atom. The van der Waals surface area contributed by atoms with Gasteiger partial charge in [-0.2, -0.15) is 0 Å². The highest BCUT2D eigenvalue weighted by molar-refractivity contribution is 8.00. The maximum absolute atomic E-state index is 12.2. The highest BCUT2D eigenvalue weighted by Gasteiger charge is 2.20. The average Bonchev–Trinajstić information content (AvgIpc) is 2.29. The Bertz CT molecular complexity index is 441.